The zero-order chi connectivity index (χ0) is 23.2. The van der Waals surface area contributed by atoms with Crippen molar-refractivity contribution in [2.24, 2.45) is 5.92 Å². The average Bonchev–Trinajstić information content (AvgIpc) is 3.43. The molecule has 1 fully saturated rings. The van der Waals surface area contributed by atoms with Crippen LogP contribution in [-0.2, 0) is 22.4 Å². The highest BCUT2D eigenvalue weighted by molar-refractivity contribution is 5.85. The Balaban J connectivity index is 0.00000171. The summed E-state index contributed by atoms with van der Waals surface area (Å²) in [5.74, 6) is 1.08. The maximum absolute atomic E-state index is 12.9. The van der Waals surface area contributed by atoms with Gasteiger partial charge in [0.25, 0.3) is 0 Å². The van der Waals surface area contributed by atoms with E-state index in [0.29, 0.717) is 13.2 Å². The lowest BCUT2D eigenvalue weighted by molar-refractivity contribution is -0.151. The van der Waals surface area contributed by atoms with E-state index in [9.17, 15) is 4.79 Å². The molecule has 2 aromatic carbocycles. The summed E-state index contributed by atoms with van der Waals surface area (Å²) in [6.45, 7) is 12.4. The molecule has 0 aliphatic carbocycles. The second kappa shape index (κ2) is 11.0. The summed E-state index contributed by atoms with van der Waals surface area (Å²) in [6, 6.07) is 10.4. The molecule has 5 nitrogen and oxygen atoms in total. The number of hydrogen-bond acceptors (Lipinski definition) is 5. The van der Waals surface area contributed by atoms with E-state index in [1.807, 2.05) is 13.0 Å². The zero-order valence-electron chi connectivity index (χ0n) is 21.2. The van der Waals surface area contributed by atoms with Crippen molar-refractivity contribution < 1.29 is 14.3 Å². The molecule has 1 N–H and O–H groups in total. The van der Waals surface area contributed by atoms with E-state index in [-0.39, 0.29) is 48.2 Å². The van der Waals surface area contributed by atoms with Crippen molar-refractivity contribution in [3.63, 3.8) is 0 Å². The maximum atomic E-state index is 12.9. The number of anilines is 1. The van der Waals surface area contributed by atoms with Crippen LogP contribution in [0.3, 0.4) is 0 Å². The Morgan fingerprint density at radius 3 is 2.63 bits per heavy atom. The van der Waals surface area contributed by atoms with Crippen LogP contribution in [-0.4, -0.2) is 49.3 Å². The quantitative estimate of drug-likeness (QED) is 0.529. The molecular formula is C28H38Cl2N2O3. The van der Waals surface area contributed by atoms with Gasteiger partial charge >= 0.3 is 5.97 Å². The number of carbonyl (C=O) groups is 1. The van der Waals surface area contributed by atoms with Gasteiger partial charge in [-0.2, -0.15) is 0 Å². The van der Waals surface area contributed by atoms with Crippen LogP contribution in [0.5, 0.6) is 5.75 Å². The Hall–Kier alpha value is -1.95. The molecule has 2 aromatic rings. The summed E-state index contributed by atoms with van der Waals surface area (Å²) >= 11 is 0. The molecule has 0 bridgehead atoms. The van der Waals surface area contributed by atoms with Crippen LogP contribution in [0.2, 0.25) is 0 Å². The highest BCUT2D eigenvalue weighted by atomic mass is 35.5. The number of halogens is 2. The van der Waals surface area contributed by atoms with E-state index >= 15 is 0 Å². The first-order valence-corrected chi connectivity index (χ1v) is 12.4. The molecule has 3 unspecified atom stereocenters. The van der Waals surface area contributed by atoms with E-state index in [1.54, 1.807) is 0 Å². The normalized spacial score (nSPS) is 24.8. The van der Waals surface area contributed by atoms with Gasteiger partial charge in [0.15, 0.2) is 0 Å². The van der Waals surface area contributed by atoms with Crippen molar-refractivity contribution >= 4 is 36.5 Å². The van der Waals surface area contributed by atoms with E-state index in [1.165, 1.54) is 33.5 Å². The second-order valence-corrected chi connectivity index (χ2v) is 10.2. The molecule has 3 atom stereocenters. The number of benzene rings is 2. The number of nitrogens with one attached hydrogen (secondary N) is 1. The number of hydrogen-bond donors (Lipinski definition) is 1. The van der Waals surface area contributed by atoms with Crippen LogP contribution >= 0.6 is 24.8 Å². The van der Waals surface area contributed by atoms with Gasteiger partial charge in [-0.3, -0.25) is 9.69 Å². The minimum atomic E-state index is -0.282. The first-order valence-electron chi connectivity index (χ1n) is 12.4. The summed E-state index contributed by atoms with van der Waals surface area (Å²) in [7, 11) is 0. The largest absolute Gasteiger partial charge is 0.485 e. The standard InChI is InChI=1S/C28H36N2O3.2ClH/c1-5-32-27(31)24-16-30(14-12-21(24)20-9-7-6-8-10-20)17-28(4)15-23-22-11-13-29-25(22)18(2)19(3)26(23)33-28;;/h6-10,21,24,29H,5,11-17H2,1-4H3;2*1H. The molecule has 7 heteroatoms. The highest BCUT2D eigenvalue weighted by Crippen LogP contribution is 2.47. The monoisotopic (exact) mass is 520 g/mol. The fourth-order valence-electron chi connectivity index (χ4n) is 6.22. The fraction of sp³-hybridized carbons (Fsp3) is 0.536. The van der Waals surface area contributed by atoms with Gasteiger partial charge in [0.05, 0.1) is 12.5 Å². The first kappa shape index (κ1) is 27.6. The summed E-state index contributed by atoms with van der Waals surface area (Å²) in [4.78, 5) is 15.4. The number of nitrogens with zero attached hydrogens (tertiary/aromatic N) is 1. The number of esters is 1. The lowest BCUT2D eigenvalue weighted by Gasteiger charge is -2.40. The minimum absolute atomic E-state index is 0. The van der Waals surface area contributed by atoms with Crippen molar-refractivity contribution in [1.82, 2.24) is 4.90 Å². The van der Waals surface area contributed by atoms with Crippen molar-refractivity contribution in [1.29, 1.82) is 0 Å². The summed E-state index contributed by atoms with van der Waals surface area (Å²) < 4.78 is 12.2. The molecule has 0 amide bonds. The lowest BCUT2D eigenvalue weighted by Crippen LogP contribution is -2.50. The Morgan fingerprint density at radius 2 is 1.91 bits per heavy atom. The minimum Gasteiger partial charge on any atom is -0.485 e. The number of carbonyl (C=O) groups excluding carboxylic acids is 1. The van der Waals surface area contributed by atoms with Gasteiger partial charge in [-0.15, -0.1) is 24.8 Å². The van der Waals surface area contributed by atoms with Crippen molar-refractivity contribution in [3.8, 4) is 5.75 Å². The zero-order valence-corrected chi connectivity index (χ0v) is 22.8. The van der Waals surface area contributed by atoms with Crippen LogP contribution in [0.15, 0.2) is 30.3 Å². The van der Waals surface area contributed by atoms with E-state index in [2.05, 4.69) is 55.3 Å². The molecule has 3 aliphatic rings. The topological polar surface area (TPSA) is 50.8 Å². The smallest absolute Gasteiger partial charge is 0.310 e. The average molecular weight is 522 g/mol. The molecule has 35 heavy (non-hydrogen) atoms. The third-order valence-corrected chi connectivity index (χ3v) is 7.87. The molecule has 192 valence electrons. The first-order chi connectivity index (χ1) is 15.9. The Bertz CT molecular complexity index is 1060. The van der Waals surface area contributed by atoms with Crippen molar-refractivity contribution in [2.45, 2.75) is 58.5 Å². The Labute approximate surface area is 221 Å². The molecule has 3 heterocycles. The SMILES string of the molecule is CCOC(=O)C1CN(CC2(C)Cc3c4c(c(C)c(C)c3O2)NCC4)CCC1c1ccccc1.Cl.Cl. The fourth-order valence-corrected chi connectivity index (χ4v) is 6.22. The molecule has 1 saturated heterocycles. The predicted octanol–water partition coefficient (Wildman–Crippen LogP) is 5.48. The summed E-state index contributed by atoms with van der Waals surface area (Å²) in [6.07, 6.45) is 2.95. The maximum Gasteiger partial charge on any atom is 0.310 e. The van der Waals surface area contributed by atoms with Crippen LogP contribution in [0, 0.1) is 19.8 Å². The number of likely N-dealkylation sites (tertiary alicyclic amines) is 1. The highest BCUT2D eigenvalue weighted by Gasteiger charge is 2.43. The van der Waals surface area contributed by atoms with Crippen LogP contribution in [0.25, 0.3) is 0 Å². The third kappa shape index (κ3) is 5.14. The second-order valence-electron chi connectivity index (χ2n) is 10.2. The van der Waals surface area contributed by atoms with Gasteiger partial charge in [-0.1, -0.05) is 30.3 Å². The molecule has 5 rings (SSSR count). The van der Waals surface area contributed by atoms with Gasteiger partial charge in [0, 0.05) is 37.3 Å². The van der Waals surface area contributed by atoms with Gasteiger partial charge in [0.2, 0.25) is 0 Å². The van der Waals surface area contributed by atoms with Crippen molar-refractivity contribution in [2.75, 3.05) is 38.1 Å². The molecule has 0 saturated carbocycles. The molecular weight excluding hydrogens is 483 g/mol. The molecule has 0 aromatic heterocycles. The lowest BCUT2D eigenvalue weighted by atomic mass is 9.80. The van der Waals surface area contributed by atoms with E-state index in [4.69, 9.17) is 9.47 Å². The van der Waals surface area contributed by atoms with E-state index < -0.39 is 0 Å². The number of ether oxygens (including phenoxy) is 2. The number of rotatable bonds is 5. The third-order valence-electron chi connectivity index (χ3n) is 7.87. The number of fused-ring (bicyclic) bond motifs is 3. The predicted molar refractivity (Wildman–Crippen MR) is 146 cm³/mol. The van der Waals surface area contributed by atoms with Gasteiger partial charge in [-0.05, 0) is 75.3 Å². The van der Waals surface area contributed by atoms with Crippen LogP contribution in [0.1, 0.15) is 54.0 Å². The van der Waals surface area contributed by atoms with Gasteiger partial charge in [0.1, 0.15) is 11.4 Å². The Morgan fingerprint density at radius 1 is 1.17 bits per heavy atom. The summed E-state index contributed by atoms with van der Waals surface area (Å²) in [5, 5.41) is 3.58. The van der Waals surface area contributed by atoms with Gasteiger partial charge in [-0.25, -0.2) is 0 Å². The molecule has 3 aliphatic heterocycles. The van der Waals surface area contributed by atoms with Crippen LogP contribution < -0.4 is 10.1 Å². The van der Waals surface area contributed by atoms with Crippen LogP contribution in [0.4, 0.5) is 5.69 Å². The van der Waals surface area contributed by atoms with Gasteiger partial charge < -0.3 is 14.8 Å². The molecule has 0 spiro atoms. The number of piperidine rings is 1. The summed E-state index contributed by atoms with van der Waals surface area (Å²) in [5.41, 5.74) is 7.69. The van der Waals surface area contributed by atoms with Crippen molar-refractivity contribution in [3.05, 3.63) is 58.1 Å². The van der Waals surface area contributed by atoms with E-state index in [0.717, 1.165) is 44.6 Å². The molecule has 0 radical (unpaired) electrons. The Kier molecular flexibility index (Phi) is 8.67.